The molecule has 0 aromatic heterocycles. The number of anilines is 1. The lowest BCUT2D eigenvalue weighted by molar-refractivity contribution is -0.115. The highest BCUT2D eigenvalue weighted by molar-refractivity contribution is 6.63. The first kappa shape index (κ1) is 10.2. The fourth-order valence-corrected chi connectivity index (χ4v) is 1.66. The van der Waals surface area contributed by atoms with Crippen molar-refractivity contribution < 1.29 is 14.5 Å². The maximum Gasteiger partial charge on any atom is 0.493 e. The maximum absolute atomic E-state index is 10.8. The van der Waals surface area contributed by atoms with Crippen molar-refractivity contribution in [2.45, 2.75) is 13.5 Å². The molecule has 1 heterocycles. The van der Waals surface area contributed by atoms with Gasteiger partial charge in [0.25, 0.3) is 0 Å². The van der Waals surface area contributed by atoms with E-state index in [-0.39, 0.29) is 12.3 Å². The number of hydrogen-bond donors (Lipinski definition) is 2. The van der Waals surface area contributed by atoms with Gasteiger partial charge in [-0.05, 0) is 18.6 Å². The van der Waals surface area contributed by atoms with E-state index in [1.807, 2.05) is 18.2 Å². The summed E-state index contributed by atoms with van der Waals surface area (Å²) < 4.78 is 5.10. The summed E-state index contributed by atoms with van der Waals surface area (Å²) in [6.07, 6.45) is 0. The van der Waals surface area contributed by atoms with E-state index in [4.69, 9.17) is 4.65 Å². The van der Waals surface area contributed by atoms with E-state index >= 15 is 0 Å². The van der Waals surface area contributed by atoms with Crippen LogP contribution in [-0.4, -0.2) is 24.5 Å². The van der Waals surface area contributed by atoms with Crippen LogP contribution in [0.1, 0.15) is 12.5 Å². The summed E-state index contributed by atoms with van der Waals surface area (Å²) in [6, 6.07) is 5.62. The normalized spacial score (nSPS) is 13.9. The van der Waals surface area contributed by atoms with Crippen molar-refractivity contribution >= 4 is 24.1 Å². The Balaban J connectivity index is 2.24. The first-order valence-corrected chi connectivity index (χ1v) is 4.83. The van der Waals surface area contributed by atoms with Crippen LogP contribution in [-0.2, 0) is 16.1 Å². The molecule has 1 aliphatic rings. The Labute approximate surface area is 88.4 Å². The number of hydrogen-bond acceptors (Lipinski definition) is 4. The first-order chi connectivity index (χ1) is 7.18. The number of nitrogens with one attached hydrogen (secondary N) is 1. The van der Waals surface area contributed by atoms with E-state index in [0.29, 0.717) is 6.61 Å². The molecule has 2 N–H and O–H groups in total. The molecule has 0 bridgehead atoms. The van der Waals surface area contributed by atoms with Gasteiger partial charge in [-0.3, -0.25) is 4.79 Å². The smallest absolute Gasteiger partial charge is 0.423 e. The van der Waals surface area contributed by atoms with Crippen LogP contribution in [0.5, 0.6) is 0 Å². The Morgan fingerprint density at radius 3 is 3.20 bits per heavy atom. The van der Waals surface area contributed by atoms with Gasteiger partial charge in [-0.1, -0.05) is 12.1 Å². The number of carbonyl (C=O) groups is 1. The molecule has 0 atom stereocenters. The summed E-state index contributed by atoms with van der Waals surface area (Å²) in [7, 11) is -0.879. The largest absolute Gasteiger partial charge is 0.493 e. The van der Waals surface area contributed by atoms with Crippen LogP contribution >= 0.6 is 0 Å². The molecule has 0 aliphatic carbocycles. The third-order valence-corrected chi connectivity index (χ3v) is 2.37. The highest BCUT2D eigenvalue weighted by Gasteiger charge is 2.29. The third kappa shape index (κ3) is 2.03. The molecule has 4 nitrogen and oxygen atoms in total. The zero-order valence-corrected chi connectivity index (χ0v) is 8.49. The lowest BCUT2D eigenvalue weighted by Crippen LogP contribution is -2.31. The molecule has 15 heavy (non-hydrogen) atoms. The van der Waals surface area contributed by atoms with Gasteiger partial charge in [0, 0.05) is 11.2 Å². The number of fused-ring (bicyclic) bond motifs is 1. The van der Waals surface area contributed by atoms with Crippen molar-refractivity contribution in [3.8, 4) is 0 Å². The number of ketones is 1. The van der Waals surface area contributed by atoms with Crippen LogP contribution in [0.3, 0.4) is 0 Å². The average Bonchev–Trinajstić information content (AvgIpc) is 2.58. The zero-order valence-electron chi connectivity index (χ0n) is 8.49. The van der Waals surface area contributed by atoms with Gasteiger partial charge in [0.2, 0.25) is 0 Å². The monoisotopic (exact) mass is 205 g/mol. The van der Waals surface area contributed by atoms with E-state index < -0.39 is 7.12 Å². The standard InChI is InChI=1S/C10H12BNO3/c1-7(13)5-12-9-4-2-3-8-6-15-11(14)10(8)9/h2-4,12,14H,5-6H2,1H3. The Kier molecular flexibility index (Phi) is 2.75. The summed E-state index contributed by atoms with van der Waals surface area (Å²) in [5.74, 6) is 0.0565. The first-order valence-electron chi connectivity index (χ1n) is 4.83. The second-order valence-electron chi connectivity index (χ2n) is 3.60. The molecule has 2 rings (SSSR count). The van der Waals surface area contributed by atoms with Gasteiger partial charge in [0.15, 0.2) is 0 Å². The van der Waals surface area contributed by atoms with Crippen LogP contribution in [0.2, 0.25) is 0 Å². The van der Waals surface area contributed by atoms with Crippen molar-refractivity contribution in [3.63, 3.8) is 0 Å². The molecule has 5 heteroatoms. The predicted molar refractivity (Wildman–Crippen MR) is 58.0 cm³/mol. The minimum absolute atomic E-state index is 0.0565. The van der Waals surface area contributed by atoms with Crippen LogP contribution < -0.4 is 10.8 Å². The Morgan fingerprint density at radius 2 is 2.47 bits per heavy atom. The summed E-state index contributed by atoms with van der Waals surface area (Å²) in [5, 5.41) is 12.6. The summed E-state index contributed by atoms with van der Waals surface area (Å²) in [4.78, 5) is 10.8. The minimum Gasteiger partial charge on any atom is -0.423 e. The minimum atomic E-state index is -0.879. The Bertz CT molecular complexity index is 394. The number of Topliss-reactive ketones (excluding diaryl/α,β-unsaturated/α-hetero) is 1. The summed E-state index contributed by atoms with van der Waals surface area (Å²) in [5.41, 5.74) is 2.49. The molecule has 0 saturated heterocycles. The van der Waals surface area contributed by atoms with E-state index in [9.17, 15) is 9.82 Å². The van der Waals surface area contributed by atoms with Gasteiger partial charge in [-0.25, -0.2) is 0 Å². The summed E-state index contributed by atoms with van der Waals surface area (Å²) in [6.45, 7) is 2.21. The lowest BCUT2D eigenvalue weighted by atomic mass is 9.78. The molecule has 0 spiro atoms. The van der Waals surface area contributed by atoms with Gasteiger partial charge in [0.05, 0.1) is 13.2 Å². The second-order valence-corrected chi connectivity index (χ2v) is 3.60. The van der Waals surface area contributed by atoms with E-state index in [2.05, 4.69) is 5.32 Å². The van der Waals surface area contributed by atoms with Gasteiger partial charge in [0.1, 0.15) is 5.78 Å². The summed E-state index contributed by atoms with van der Waals surface area (Å²) >= 11 is 0. The molecular formula is C10H12BNO3. The van der Waals surface area contributed by atoms with Crippen LogP contribution in [0, 0.1) is 0 Å². The molecule has 1 aliphatic heterocycles. The fourth-order valence-electron chi connectivity index (χ4n) is 1.66. The predicted octanol–water partition coefficient (Wildman–Crippen LogP) is -0.0948. The van der Waals surface area contributed by atoms with Crippen molar-refractivity contribution in [2.75, 3.05) is 11.9 Å². The van der Waals surface area contributed by atoms with Crippen molar-refractivity contribution in [1.82, 2.24) is 0 Å². The Hall–Kier alpha value is -1.33. The molecule has 0 amide bonds. The van der Waals surface area contributed by atoms with Gasteiger partial charge in [-0.2, -0.15) is 0 Å². The van der Waals surface area contributed by atoms with E-state index in [1.165, 1.54) is 6.92 Å². The molecule has 1 aromatic carbocycles. The van der Waals surface area contributed by atoms with Crippen molar-refractivity contribution in [3.05, 3.63) is 23.8 Å². The number of rotatable bonds is 3. The number of benzene rings is 1. The Morgan fingerprint density at radius 1 is 1.67 bits per heavy atom. The van der Waals surface area contributed by atoms with Crippen LogP contribution in [0.25, 0.3) is 0 Å². The zero-order chi connectivity index (χ0) is 10.8. The molecule has 0 fully saturated rings. The lowest BCUT2D eigenvalue weighted by Gasteiger charge is -2.09. The number of carbonyl (C=O) groups excluding carboxylic acids is 1. The molecule has 0 saturated carbocycles. The third-order valence-electron chi connectivity index (χ3n) is 2.37. The highest BCUT2D eigenvalue weighted by Crippen LogP contribution is 2.15. The average molecular weight is 205 g/mol. The molecule has 0 radical (unpaired) electrons. The van der Waals surface area contributed by atoms with Gasteiger partial charge in [-0.15, -0.1) is 0 Å². The van der Waals surface area contributed by atoms with Crippen molar-refractivity contribution in [1.29, 1.82) is 0 Å². The molecule has 1 aromatic rings. The fraction of sp³-hybridized carbons (Fsp3) is 0.300. The highest BCUT2D eigenvalue weighted by atomic mass is 16.5. The van der Waals surface area contributed by atoms with Gasteiger partial charge >= 0.3 is 7.12 Å². The second kappa shape index (κ2) is 4.04. The van der Waals surface area contributed by atoms with Crippen LogP contribution in [0.15, 0.2) is 18.2 Å². The quantitative estimate of drug-likeness (QED) is 0.676. The van der Waals surface area contributed by atoms with E-state index in [1.54, 1.807) is 0 Å². The molecule has 0 unspecified atom stereocenters. The SMILES string of the molecule is CC(=O)CNc1cccc2c1B(O)OC2. The van der Waals surface area contributed by atoms with Gasteiger partial charge < -0.3 is 15.0 Å². The van der Waals surface area contributed by atoms with Crippen LogP contribution in [0.4, 0.5) is 5.69 Å². The van der Waals surface area contributed by atoms with E-state index in [0.717, 1.165) is 16.7 Å². The topological polar surface area (TPSA) is 58.6 Å². The van der Waals surface area contributed by atoms with Crippen molar-refractivity contribution in [2.24, 2.45) is 0 Å². The molecule has 78 valence electrons. The molecular weight excluding hydrogens is 193 g/mol. The maximum atomic E-state index is 10.8.